The summed E-state index contributed by atoms with van der Waals surface area (Å²) in [6.07, 6.45) is 1.99. The fourth-order valence-electron chi connectivity index (χ4n) is 0.925. The average Bonchev–Trinajstić information content (AvgIpc) is 2.47. The maximum Gasteiger partial charge on any atom is 0.177 e. The van der Waals surface area contributed by atoms with Gasteiger partial charge < -0.3 is 9.97 Å². The zero-order valence-corrected chi connectivity index (χ0v) is 9.85. The number of thioether (sulfide) groups is 1. The predicted molar refractivity (Wildman–Crippen MR) is 61.8 cm³/mol. The largest absolute Gasteiger partial charge is 0.322 e. The summed E-state index contributed by atoms with van der Waals surface area (Å²) in [4.78, 5) is 10.2. The van der Waals surface area contributed by atoms with Crippen LogP contribution in [0.25, 0.3) is 10.3 Å². The summed E-state index contributed by atoms with van der Waals surface area (Å²) >= 11 is 13.2. The molecular weight excluding hydrogens is 242 g/mol. The van der Waals surface area contributed by atoms with Crippen LogP contribution >= 0.6 is 47.5 Å². The fourth-order valence-corrected chi connectivity index (χ4v) is 2.93. The minimum Gasteiger partial charge on any atom is -0.322 e. The highest BCUT2D eigenvalue weighted by molar-refractivity contribution is 8.00. The van der Waals surface area contributed by atoms with Crippen molar-refractivity contribution in [2.24, 2.45) is 0 Å². The number of nitrogens with one attached hydrogen (secondary N) is 2. The van der Waals surface area contributed by atoms with Gasteiger partial charge in [-0.25, -0.2) is 4.98 Å². The molecule has 2 N–H and O–H groups in total. The molecule has 0 aliphatic carbocycles. The van der Waals surface area contributed by atoms with Crippen molar-refractivity contribution >= 4 is 57.9 Å². The van der Waals surface area contributed by atoms with Crippen LogP contribution < -0.4 is 0 Å². The molecule has 2 heterocycles. The first-order valence-corrected chi connectivity index (χ1v) is 6.23. The Labute approximate surface area is 92.6 Å². The van der Waals surface area contributed by atoms with Crippen molar-refractivity contribution in [3.05, 3.63) is 9.41 Å². The molecule has 0 spiro atoms. The lowest BCUT2D eigenvalue weighted by Crippen LogP contribution is -1.82. The van der Waals surface area contributed by atoms with Gasteiger partial charge in [-0.2, -0.15) is 0 Å². The topological polar surface area (TPSA) is 44.5 Å². The molecule has 0 saturated heterocycles. The van der Waals surface area contributed by atoms with Crippen LogP contribution in [0, 0.1) is 9.41 Å². The summed E-state index contributed by atoms with van der Waals surface area (Å²) in [5.41, 5.74) is 0.781. The minimum atomic E-state index is 0.524. The zero-order chi connectivity index (χ0) is 9.42. The molecule has 0 aromatic carbocycles. The first-order chi connectivity index (χ1) is 6.20. The number of aromatic amines is 2. The molecule has 0 aliphatic heterocycles. The van der Waals surface area contributed by atoms with Crippen LogP contribution in [0.4, 0.5) is 0 Å². The Hall–Kier alpha value is -0.240. The smallest absolute Gasteiger partial charge is 0.177 e. The standard InChI is InChI=1S/C6H5N3S4/c1-12-6-8-3-2(13-6)4(10)9-5(11)7-3/h1H3,(H2,7,9,10,11). The van der Waals surface area contributed by atoms with Crippen molar-refractivity contribution < 1.29 is 0 Å². The maximum atomic E-state index is 5.12. The van der Waals surface area contributed by atoms with E-state index in [2.05, 4.69) is 15.0 Å². The monoisotopic (exact) mass is 247 g/mol. The van der Waals surface area contributed by atoms with Crippen molar-refractivity contribution in [3.8, 4) is 0 Å². The first-order valence-electron chi connectivity index (χ1n) is 3.38. The summed E-state index contributed by atoms with van der Waals surface area (Å²) in [6.45, 7) is 0. The second kappa shape index (κ2) is 3.49. The number of hydrogen-bond acceptors (Lipinski definition) is 5. The second-order valence-electron chi connectivity index (χ2n) is 2.27. The van der Waals surface area contributed by atoms with Crippen molar-refractivity contribution in [1.82, 2.24) is 15.0 Å². The third-order valence-electron chi connectivity index (χ3n) is 1.45. The third kappa shape index (κ3) is 1.69. The van der Waals surface area contributed by atoms with E-state index in [9.17, 15) is 0 Å². The molecule has 0 bridgehead atoms. The van der Waals surface area contributed by atoms with Gasteiger partial charge in [0.2, 0.25) is 0 Å². The highest BCUT2D eigenvalue weighted by Gasteiger charge is 2.04. The lowest BCUT2D eigenvalue weighted by Gasteiger charge is -1.87. The van der Waals surface area contributed by atoms with Crippen molar-refractivity contribution in [3.63, 3.8) is 0 Å². The fraction of sp³-hybridized carbons (Fsp3) is 0.167. The Kier molecular flexibility index (Phi) is 2.50. The second-order valence-corrected chi connectivity index (χ2v) is 5.14. The van der Waals surface area contributed by atoms with E-state index in [0.717, 1.165) is 14.7 Å². The van der Waals surface area contributed by atoms with Gasteiger partial charge in [0.1, 0.15) is 9.34 Å². The molecular formula is C6H5N3S4. The molecule has 2 aromatic heterocycles. The summed E-state index contributed by atoms with van der Waals surface area (Å²) in [5.74, 6) is 0. The maximum absolute atomic E-state index is 5.12. The minimum absolute atomic E-state index is 0.524. The zero-order valence-electron chi connectivity index (χ0n) is 6.58. The Morgan fingerprint density at radius 2 is 2.15 bits per heavy atom. The molecule has 0 amide bonds. The van der Waals surface area contributed by atoms with Crippen molar-refractivity contribution in [2.45, 2.75) is 4.34 Å². The van der Waals surface area contributed by atoms with Crippen molar-refractivity contribution in [2.75, 3.05) is 6.26 Å². The summed E-state index contributed by atoms with van der Waals surface area (Å²) in [6, 6.07) is 0. The number of H-pyrrole nitrogens is 2. The van der Waals surface area contributed by atoms with Gasteiger partial charge >= 0.3 is 0 Å². The average molecular weight is 247 g/mol. The lowest BCUT2D eigenvalue weighted by molar-refractivity contribution is 1.14. The predicted octanol–water partition coefficient (Wildman–Crippen LogP) is 3.13. The van der Waals surface area contributed by atoms with E-state index in [-0.39, 0.29) is 0 Å². The van der Waals surface area contributed by atoms with E-state index in [1.807, 2.05) is 6.26 Å². The van der Waals surface area contributed by atoms with Crippen LogP contribution in [0.2, 0.25) is 0 Å². The SMILES string of the molecule is CSc1nc2[nH]c(=S)[nH]c(=S)c2s1. The quantitative estimate of drug-likeness (QED) is 0.600. The molecule has 2 rings (SSSR count). The summed E-state index contributed by atoms with van der Waals surface area (Å²) in [5, 5.41) is 0. The molecule has 0 unspecified atom stereocenters. The number of aromatic nitrogens is 3. The highest BCUT2D eigenvalue weighted by Crippen LogP contribution is 2.26. The van der Waals surface area contributed by atoms with Gasteiger partial charge in [0, 0.05) is 0 Å². The van der Waals surface area contributed by atoms with E-state index in [0.29, 0.717) is 9.41 Å². The number of fused-ring (bicyclic) bond motifs is 1. The molecule has 0 atom stereocenters. The van der Waals surface area contributed by atoms with Crippen LogP contribution in [-0.2, 0) is 0 Å². The van der Waals surface area contributed by atoms with Crippen LogP contribution in [-0.4, -0.2) is 21.2 Å². The normalized spacial score (nSPS) is 10.8. The summed E-state index contributed by atoms with van der Waals surface area (Å²) < 4.78 is 3.14. The molecule has 0 radical (unpaired) electrons. The number of thiazole rings is 1. The van der Waals surface area contributed by atoms with E-state index >= 15 is 0 Å². The lowest BCUT2D eigenvalue weighted by atomic mass is 10.6. The van der Waals surface area contributed by atoms with Gasteiger partial charge in [-0.3, -0.25) is 0 Å². The van der Waals surface area contributed by atoms with Gasteiger partial charge in [0.05, 0.1) is 0 Å². The first kappa shape index (κ1) is 9.32. The third-order valence-corrected chi connectivity index (χ3v) is 4.14. The van der Waals surface area contributed by atoms with Crippen LogP contribution in [0.15, 0.2) is 4.34 Å². The molecule has 0 aliphatic rings. The van der Waals surface area contributed by atoms with E-state index in [1.54, 1.807) is 23.1 Å². The van der Waals surface area contributed by atoms with Gasteiger partial charge in [0.15, 0.2) is 14.8 Å². The number of hydrogen-bond donors (Lipinski definition) is 2. The molecule has 2 aromatic rings. The van der Waals surface area contributed by atoms with Crippen LogP contribution in [0.3, 0.4) is 0 Å². The van der Waals surface area contributed by atoms with Gasteiger partial charge in [-0.1, -0.05) is 24.0 Å². The summed E-state index contributed by atoms with van der Waals surface area (Å²) in [7, 11) is 0. The van der Waals surface area contributed by atoms with E-state index in [1.165, 1.54) is 0 Å². The Balaban J connectivity index is 2.91. The number of rotatable bonds is 1. The van der Waals surface area contributed by atoms with Gasteiger partial charge in [-0.15, -0.1) is 11.3 Å². The van der Waals surface area contributed by atoms with Gasteiger partial charge in [0.25, 0.3) is 0 Å². The number of nitrogens with zero attached hydrogens (tertiary/aromatic N) is 1. The molecule has 13 heavy (non-hydrogen) atoms. The van der Waals surface area contributed by atoms with Crippen LogP contribution in [0.1, 0.15) is 0 Å². The van der Waals surface area contributed by atoms with E-state index in [4.69, 9.17) is 24.4 Å². The Morgan fingerprint density at radius 1 is 1.38 bits per heavy atom. The highest BCUT2D eigenvalue weighted by atomic mass is 32.2. The molecule has 0 fully saturated rings. The molecule has 68 valence electrons. The molecule has 0 saturated carbocycles. The Morgan fingerprint density at radius 3 is 2.85 bits per heavy atom. The van der Waals surface area contributed by atoms with Crippen molar-refractivity contribution in [1.29, 1.82) is 0 Å². The molecule has 7 heteroatoms. The van der Waals surface area contributed by atoms with E-state index < -0.39 is 0 Å². The molecule has 3 nitrogen and oxygen atoms in total. The van der Waals surface area contributed by atoms with Crippen LogP contribution in [0.5, 0.6) is 0 Å². The Bertz CT molecular complexity index is 549. The van der Waals surface area contributed by atoms with Gasteiger partial charge in [-0.05, 0) is 18.5 Å².